The number of nitro groups is 1. The molecule has 0 saturated heterocycles. The number of benzene rings is 1. The topological polar surface area (TPSA) is 122 Å². The van der Waals surface area contributed by atoms with Gasteiger partial charge in [0.05, 0.1) is 17.6 Å². The Morgan fingerprint density at radius 3 is 2.79 bits per heavy atom. The second-order valence-corrected chi connectivity index (χ2v) is 3.75. The van der Waals surface area contributed by atoms with Gasteiger partial charge in [-0.1, -0.05) is 6.07 Å². The van der Waals surface area contributed by atoms with Crippen molar-refractivity contribution in [1.82, 2.24) is 0 Å². The minimum Gasteiger partial charge on any atom is -0.477 e. The minimum absolute atomic E-state index is 0.0117. The Morgan fingerprint density at radius 1 is 1.58 bits per heavy atom. The molecule has 0 aliphatic heterocycles. The zero-order valence-electron chi connectivity index (χ0n) is 10.2. The van der Waals surface area contributed by atoms with E-state index < -0.39 is 28.2 Å². The molecule has 1 atom stereocenters. The normalized spacial score (nSPS) is 11.9. The standard InChI is InChI=1S/C11H14N2O6/c1-19-6-7(14)5-12-9-4-2-3-8(11(15)16)10(9)13(17)18/h2-4,7,12,14H,5-6H2,1H3,(H,15,16). The van der Waals surface area contributed by atoms with Crippen molar-refractivity contribution in [2.24, 2.45) is 0 Å². The average molecular weight is 270 g/mol. The maximum atomic E-state index is 10.9. The van der Waals surface area contributed by atoms with E-state index >= 15 is 0 Å². The number of ether oxygens (including phenoxy) is 1. The fourth-order valence-electron chi connectivity index (χ4n) is 1.53. The Labute approximate surface area is 108 Å². The first kappa shape index (κ1) is 14.9. The van der Waals surface area contributed by atoms with Crippen LogP contribution in [0.4, 0.5) is 11.4 Å². The Balaban J connectivity index is 2.97. The van der Waals surface area contributed by atoms with Gasteiger partial charge in [0.15, 0.2) is 0 Å². The summed E-state index contributed by atoms with van der Waals surface area (Å²) in [6.45, 7) is 0.0805. The van der Waals surface area contributed by atoms with E-state index in [1.165, 1.54) is 19.2 Å². The molecule has 0 aliphatic rings. The monoisotopic (exact) mass is 270 g/mol. The molecule has 0 amide bonds. The highest BCUT2D eigenvalue weighted by molar-refractivity contribution is 5.95. The molecule has 104 valence electrons. The third kappa shape index (κ3) is 3.90. The number of carboxylic acid groups (broad SMARTS) is 1. The SMILES string of the molecule is COCC(O)CNc1cccc(C(=O)O)c1[N+](=O)[O-]. The van der Waals surface area contributed by atoms with Crippen molar-refractivity contribution in [2.75, 3.05) is 25.6 Å². The number of aromatic carboxylic acids is 1. The number of carboxylic acids is 1. The summed E-state index contributed by atoms with van der Waals surface area (Å²) in [7, 11) is 1.41. The number of hydrogen-bond donors (Lipinski definition) is 3. The molecule has 19 heavy (non-hydrogen) atoms. The van der Waals surface area contributed by atoms with Crippen LogP contribution in [0.1, 0.15) is 10.4 Å². The number of para-hydroxylation sites is 1. The molecular weight excluding hydrogens is 256 g/mol. The van der Waals surface area contributed by atoms with Gasteiger partial charge in [-0.05, 0) is 12.1 Å². The number of anilines is 1. The number of aliphatic hydroxyl groups is 1. The van der Waals surface area contributed by atoms with E-state index in [0.717, 1.165) is 6.07 Å². The van der Waals surface area contributed by atoms with Crippen LogP contribution in [0.25, 0.3) is 0 Å². The minimum atomic E-state index is -1.38. The summed E-state index contributed by atoms with van der Waals surface area (Å²) in [5.74, 6) is -1.38. The summed E-state index contributed by atoms with van der Waals surface area (Å²) in [4.78, 5) is 21.1. The number of nitrogens with zero attached hydrogens (tertiary/aromatic N) is 1. The zero-order chi connectivity index (χ0) is 14.4. The molecule has 1 rings (SSSR count). The lowest BCUT2D eigenvalue weighted by Crippen LogP contribution is -2.24. The van der Waals surface area contributed by atoms with Gasteiger partial charge >= 0.3 is 11.7 Å². The predicted molar refractivity (Wildman–Crippen MR) is 66.4 cm³/mol. The third-order valence-corrected chi connectivity index (χ3v) is 2.34. The highest BCUT2D eigenvalue weighted by Crippen LogP contribution is 2.28. The maximum absolute atomic E-state index is 10.9. The van der Waals surface area contributed by atoms with Gasteiger partial charge in [0.2, 0.25) is 0 Å². The van der Waals surface area contributed by atoms with Crippen molar-refractivity contribution in [3.8, 4) is 0 Å². The van der Waals surface area contributed by atoms with Gasteiger partial charge in [-0.3, -0.25) is 10.1 Å². The molecule has 8 heteroatoms. The van der Waals surface area contributed by atoms with Crippen molar-refractivity contribution >= 4 is 17.3 Å². The summed E-state index contributed by atoms with van der Waals surface area (Å²) in [6, 6.07) is 3.92. The highest BCUT2D eigenvalue weighted by atomic mass is 16.6. The molecule has 0 heterocycles. The number of rotatable bonds is 7. The number of nitro benzene ring substituents is 1. The number of nitrogens with one attached hydrogen (secondary N) is 1. The Morgan fingerprint density at radius 2 is 2.26 bits per heavy atom. The number of methoxy groups -OCH3 is 1. The molecule has 1 unspecified atom stereocenters. The van der Waals surface area contributed by atoms with E-state index in [1.807, 2.05) is 0 Å². The molecule has 0 fully saturated rings. The van der Waals surface area contributed by atoms with Gasteiger partial charge in [0, 0.05) is 13.7 Å². The molecule has 0 aromatic heterocycles. The van der Waals surface area contributed by atoms with Crippen molar-refractivity contribution in [1.29, 1.82) is 0 Å². The lowest BCUT2D eigenvalue weighted by Gasteiger charge is -2.12. The molecule has 0 aliphatic carbocycles. The van der Waals surface area contributed by atoms with Crippen LogP contribution >= 0.6 is 0 Å². The van der Waals surface area contributed by atoms with E-state index in [-0.39, 0.29) is 18.8 Å². The third-order valence-electron chi connectivity index (χ3n) is 2.34. The molecule has 0 radical (unpaired) electrons. The van der Waals surface area contributed by atoms with E-state index in [2.05, 4.69) is 5.32 Å². The Bertz CT molecular complexity index is 476. The summed E-state index contributed by atoms with van der Waals surface area (Å²) >= 11 is 0. The first-order valence-electron chi connectivity index (χ1n) is 5.39. The van der Waals surface area contributed by atoms with Crippen LogP contribution < -0.4 is 5.32 Å². The van der Waals surface area contributed by atoms with Crippen LogP contribution in [0.2, 0.25) is 0 Å². The largest absolute Gasteiger partial charge is 0.477 e. The lowest BCUT2D eigenvalue weighted by atomic mass is 10.1. The van der Waals surface area contributed by atoms with Gasteiger partial charge < -0.3 is 20.3 Å². The first-order valence-corrected chi connectivity index (χ1v) is 5.39. The van der Waals surface area contributed by atoms with Crippen molar-refractivity contribution in [2.45, 2.75) is 6.10 Å². The fourth-order valence-corrected chi connectivity index (χ4v) is 1.53. The second-order valence-electron chi connectivity index (χ2n) is 3.75. The van der Waals surface area contributed by atoms with Crippen LogP contribution in [0.15, 0.2) is 18.2 Å². The average Bonchev–Trinajstić information content (AvgIpc) is 2.35. The van der Waals surface area contributed by atoms with E-state index in [4.69, 9.17) is 9.84 Å². The van der Waals surface area contributed by atoms with Crippen LogP contribution in [0.5, 0.6) is 0 Å². The van der Waals surface area contributed by atoms with Gasteiger partial charge in [0.25, 0.3) is 0 Å². The van der Waals surface area contributed by atoms with Gasteiger partial charge in [-0.25, -0.2) is 4.79 Å². The van der Waals surface area contributed by atoms with Crippen molar-refractivity contribution < 1.29 is 24.7 Å². The van der Waals surface area contributed by atoms with E-state index in [9.17, 15) is 20.0 Å². The molecular formula is C11H14N2O6. The van der Waals surface area contributed by atoms with Crippen molar-refractivity contribution in [3.05, 3.63) is 33.9 Å². The quantitative estimate of drug-likeness (QED) is 0.492. The summed E-state index contributed by atoms with van der Waals surface area (Å²) < 4.78 is 4.71. The van der Waals surface area contributed by atoms with Crippen LogP contribution in [-0.2, 0) is 4.74 Å². The fraction of sp³-hybridized carbons (Fsp3) is 0.364. The maximum Gasteiger partial charge on any atom is 0.342 e. The lowest BCUT2D eigenvalue weighted by molar-refractivity contribution is -0.384. The van der Waals surface area contributed by atoms with Gasteiger partial charge in [-0.15, -0.1) is 0 Å². The van der Waals surface area contributed by atoms with Crippen LogP contribution in [-0.4, -0.2) is 47.5 Å². The molecule has 0 saturated carbocycles. The van der Waals surface area contributed by atoms with Crippen molar-refractivity contribution in [3.63, 3.8) is 0 Å². The molecule has 1 aromatic carbocycles. The van der Waals surface area contributed by atoms with Gasteiger partial charge in [0.1, 0.15) is 11.3 Å². The number of aliphatic hydroxyl groups excluding tert-OH is 1. The highest BCUT2D eigenvalue weighted by Gasteiger charge is 2.24. The smallest absolute Gasteiger partial charge is 0.342 e. The second kappa shape index (κ2) is 6.66. The Hall–Kier alpha value is -2.19. The number of carbonyl (C=O) groups is 1. The first-order chi connectivity index (χ1) is 8.97. The summed E-state index contributed by atoms with van der Waals surface area (Å²) in [5.41, 5.74) is -0.893. The van der Waals surface area contributed by atoms with Gasteiger partial charge in [-0.2, -0.15) is 0 Å². The summed E-state index contributed by atoms with van der Waals surface area (Å²) in [5, 5.41) is 31.9. The molecule has 3 N–H and O–H groups in total. The Kier molecular flexibility index (Phi) is 5.22. The molecule has 0 bridgehead atoms. The zero-order valence-corrected chi connectivity index (χ0v) is 10.2. The van der Waals surface area contributed by atoms with E-state index in [1.54, 1.807) is 0 Å². The van der Waals surface area contributed by atoms with Crippen LogP contribution in [0.3, 0.4) is 0 Å². The molecule has 1 aromatic rings. The molecule has 8 nitrogen and oxygen atoms in total. The molecule has 0 spiro atoms. The number of hydrogen-bond acceptors (Lipinski definition) is 6. The predicted octanol–water partition coefficient (Wildman–Crippen LogP) is 0.712. The van der Waals surface area contributed by atoms with Crippen LogP contribution in [0, 0.1) is 10.1 Å². The van der Waals surface area contributed by atoms with E-state index in [0.29, 0.717) is 0 Å². The summed E-state index contributed by atoms with van der Waals surface area (Å²) in [6.07, 6.45) is -0.849.